The minimum absolute atomic E-state index is 0.163. The average Bonchev–Trinajstić information content (AvgIpc) is 2.83. The maximum absolute atomic E-state index is 12.8. The molecule has 2 aliphatic heterocycles. The molecule has 2 fully saturated rings. The van der Waals surface area contributed by atoms with Crippen molar-refractivity contribution in [3.8, 4) is 0 Å². The Balaban J connectivity index is 2.05. The van der Waals surface area contributed by atoms with Gasteiger partial charge in [0.05, 0.1) is 5.41 Å². The van der Waals surface area contributed by atoms with Crippen LogP contribution in [0, 0.1) is 16.7 Å². The fraction of sp³-hybridized carbons (Fsp3) is 0.867. The van der Waals surface area contributed by atoms with Gasteiger partial charge in [-0.15, -0.1) is 0 Å². The lowest BCUT2D eigenvalue weighted by Crippen LogP contribution is -2.49. The van der Waals surface area contributed by atoms with Gasteiger partial charge < -0.3 is 16.0 Å². The summed E-state index contributed by atoms with van der Waals surface area (Å²) in [6, 6.07) is 0. The molecule has 0 aromatic heterocycles. The van der Waals surface area contributed by atoms with E-state index >= 15 is 0 Å². The van der Waals surface area contributed by atoms with Crippen molar-refractivity contribution in [2.45, 2.75) is 40.0 Å². The van der Waals surface area contributed by atoms with Gasteiger partial charge in [-0.1, -0.05) is 13.8 Å². The highest BCUT2D eigenvalue weighted by Crippen LogP contribution is 2.37. The lowest BCUT2D eigenvalue weighted by atomic mass is 9.74. The van der Waals surface area contributed by atoms with E-state index in [9.17, 15) is 9.59 Å². The first kappa shape index (κ1) is 15.3. The second kappa shape index (κ2) is 5.35. The van der Waals surface area contributed by atoms with Crippen LogP contribution < -0.4 is 11.1 Å². The van der Waals surface area contributed by atoms with Gasteiger partial charge in [-0.25, -0.2) is 0 Å². The Morgan fingerprint density at radius 3 is 2.60 bits per heavy atom. The Morgan fingerprint density at radius 2 is 2.10 bits per heavy atom. The summed E-state index contributed by atoms with van der Waals surface area (Å²) < 4.78 is 0. The van der Waals surface area contributed by atoms with Crippen molar-refractivity contribution < 1.29 is 9.59 Å². The van der Waals surface area contributed by atoms with Gasteiger partial charge in [-0.2, -0.15) is 0 Å². The highest BCUT2D eigenvalue weighted by atomic mass is 16.2. The van der Waals surface area contributed by atoms with E-state index in [2.05, 4.69) is 5.32 Å². The number of amides is 2. The highest BCUT2D eigenvalue weighted by molar-refractivity contribution is 5.86. The van der Waals surface area contributed by atoms with Crippen LogP contribution in [0.5, 0.6) is 0 Å². The summed E-state index contributed by atoms with van der Waals surface area (Å²) in [4.78, 5) is 26.2. The summed E-state index contributed by atoms with van der Waals surface area (Å²) >= 11 is 0. The first-order valence-electron chi connectivity index (χ1n) is 7.57. The van der Waals surface area contributed by atoms with E-state index in [1.54, 1.807) is 0 Å². The molecule has 2 saturated heterocycles. The van der Waals surface area contributed by atoms with Crippen LogP contribution in [-0.2, 0) is 9.59 Å². The fourth-order valence-electron chi connectivity index (χ4n) is 3.39. The molecular formula is C15H27N3O2. The number of hydrogen-bond donors (Lipinski definition) is 2. The number of carbonyl (C=O) groups is 2. The maximum Gasteiger partial charge on any atom is 0.228 e. The molecule has 2 aliphatic rings. The largest absolute Gasteiger partial charge is 0.369 e. The Hall–Kier alpha value is -1.10. The lowest BCUT2D eigenvalue weighted by Gasteiger charge is -2.38. The Labute approximate surface area is 121 Å². The zero-order valence-electron chi connectivity index (χ0n) is 12.9. The van der Waals surface area contributed by atoms with Crippen molar-refractivity contribution in [2.24, 2.45) is 22.5 Å². The van der Waals surface area contributed by atoms with Crippen LogP contribution in [-0.4, -0.2) is 42.9 Å². The van der Waals surface area contributed by atoms with E-state index in [1.807, 2.05) is 25.7 Å². The Bertz CT molecular complexity index is 402. The SMILES string of the molecule is CC1(C(N)=O)CCN(C(=O)C(C)(C)C2CCCNC2)C1. The van der Waals surface area contributed by atoms with E-state index in [0.29, 0.717) is 25.4 Å². The van der Waals surface area contributed by atoms with Gasteiger partial charge in [-0.3, -0.25) is 9.59 Å². The van der Waals surface area contributed by atoms with Gasteiger partial charge >= 0.3 is 0 Å². The van der Waals surface area contributed by atoms with Gasteiger partial charge in [0.2, 0.25) is 11.8 Å². The van der Waals surface area contributed by atoms with Crippen LogP contribution >= 0.6 is 0 Å². The first-order chi connectivity index (χ1) is 9.27. The predicted octanol–water partition coefficient (Wildman–Crippen LogP) is 0.736. The van der Waals surface area contributed by atoms with Gasteiger partial charge in [0.1, 0.15) is 0 Å². The molecule has 2 unspecified atom stereocenters. The normalized spacial score (nSPS) is 31.4. The third-order valence-corrected chi connectivity index (χ3v) is 5.22. The van der Waals surface area contributed by atoms with Crippen molar-refractivity contribution in [3.63, 3.8) is 0 Å². The van der Waals surface area contributed by atoms with E-state index in [1.165, 1.54) is 0 Å². The number of likely N-dealkylation sites (tertiary alicyclic amines) is 1. The molecule has 20 heavy (non-hydrogen) atoms. The molecule has 0 radical (unpaired) electrons. The smallest absolute Gasteiger partial charge is 0.228 e. The average molecular weight is 281 g/mol. The molecule has 0 bridgehead atoms. The van der Waals surface area contributed by atoms with E-state index in [4.69, 9.17) is 5.73 Å². The quantitative estimate of drug-likeness (QED) is 0.801. The monoisotopic (exact) mass is 281 g/mol. The molecule has 0 aliphatic carbocycles. The van der Waals surface area contributed by atoms with Crippen LogP contribution in [0.4, 0.5) is 0 Å². The van der Waals surface area contributed by atoms with Gasteiger partial charge in [-0.05, 0) is 45.2 Å². The lowest BCUT2D eigenvalue weighted by molar-refractivity contribution is -0.143. The fourth-order valence-corrected chi connectivity index (χ4v) is 3.39. The topological polar surface area (TPSA) is 75.4 Å². The molecule has 2 heterocycles. The Morgan fingerprint density at radius 1 is 1.40 bits per heavy atom. The number of primary amides is 1. The van der Waals surface area contributed by atoms with Gasteiger partial charge in [0.15, 0.2) is 0 Å². The minimum Gasteiger partial charge on any atom is -0.369 e. The van der Waals surface area contributed by atoms with Crippen molar-refractivity contribution >= 4 is 11.8 Å². The number of nitrogens with one attached hydrogen (secondary N) is 1. The van der Waals surface area contributed by atoms with Crippen molar-refractivity contribution in [3.05, 3.63) is 0 Å². The van der Waals surface area contributed by atoms with Crippen molar-refractivity contribution in [2.75, 3.05) is 26.2 Å². The summed E-state index contributed by atoms with van der Waals surface area (Å²) in [5.41, 5.74) is 4.52. The summed E-state index contributed by atoms with van der Waals surface area (Å²) in [7, 11) is 0. The summed E-state index contributed by atoms with van der Waals surface area (Å²) in [6.07, 6.45) is 2.89. The highest BCUT2D eigenvalue weighted by Gasteiger charge is 2.46. The van der Waals surface area contributed by atoms with Gasteiger partial charge in [0, 0.05) is 18.5 Å². The second-order valence-corrected chi connectivity index (χ2v) is 7.17. The van der Waals surface area contributed by atoms with Crippen LogP contribution in [0.15, 0.2) is 0 Å². The summed E-state index contributed by atoms with van der Waals surface area (Å²) in [5, 5.41) is 3.38. The number of nitrogens with two attached hydrogens (primary N) is 1. The van der Waals surface area contributed by atoms with Crippen LogP contribution in [0.1, 0.15) is 40.0 Å². The summed E-state index contributed by atoms with van der Waals surface area (Å²) in [5.74, 6) is 0.227. The number of piperidine rings is 1. The van der Waals surface area contributed by atoms with Crippen molar-refractivity contribution in [1.82, 2.24) is 10.2 Å². The molecule has 3 N–H and O–H groups in total. The van der Waals surface area contributed by atoms with E-state index in [-0.39, 0.29) is 17.2 Å². The molecule has 2 atom stereocenters. The number of hydrogen-bond acceptors (Lipinski definition) is 3. The zero-order valence-corrected chi connectivity index (χ0v) is 12.9. The molecule has 0 aromatic rings. The molecule has 2 rings (SSSR count). The molecule has 5 heteroatoms. The van der Waals surface area contributed by atoms with Gasteiger partial charge in [0.25, 0.3) is 0 Å². The molecule has 0 aromatic carbocycles. The molecule has 5 nitrogen and oxygen atoms in total. The van der Waals surface area contributed by atoms with Crippen molar-refractivity contribution in [1.29, 1.82) is 0 Å². The first-order valence-corrected chi connectivity index (χ1v) is 7.57. The third kappa shape index (κ3) is 2.68. The van der Waals surface area contributed by atoms with Crippen LogP contribution in [0.25, 0.3) is 0 Å². The van der Waals surface area contributed by atoms with E-state index in [0.717, 1.165) is 25.9 Å². The number of rotatable bonds is 3. The maximum atomic E-state index is 12.8. The number of carbonyl (C=O) groups excluding carboxylic acids is 2. The molecule has 114 valence electrons. The number of nitrogens with zero attached hydrogens (tertiary/aromatic N) is 1. The molecule has 2 amide bonds. The summed E-state index contributed by atoms with van der Waals surface area (Å²) in [6.45, 7) is 8.98. The van der Waals surface area contributed by atoms with E-state index < -0.39 is 5.41 Å². The molecular weight excluding hydrogens is 254 g/mol. The third-order valence-electron chi connectivity index (χ3n) is 5.22. The Kier molecular flexibility index (Phi) is 4.09. The minimum atomic E-state index is -0.559. The standard InChI is InChI=1S/C15H27N3O2/c1-14(2,11-5-4-7-17-9-11)13(20)18-8-6-15(3,10-18)12(16)19/h11,17H,4-10H2,1-3H3,(H2,16,19). The molecule has 0 spiro atoms. The van der Waals surface area contributed by atoms with Crippen LogP contribution in [0.2, 0.25) is 0 Å². The second-order valence-electron chi connectivity index (χ2n) is 7.17. The molecule has 0 saturated carbocycles. The predicted molar refractivity (Wildman–Crippen MR) is 77.9 cm³/mol. The zero-order chi connectivity index (χ0) is 15.0. The van der Waals surface area contributed by atoms with Crippen LogP contribution in [0.3, 0.4) is 0 Å².